The Hall–Kier alpha value is -8.66. The summed E-state index contributed by atoms with van der Waals surface area (Å²) in [5.41, 5.74) is -2.94. The average molecular weight is 1410 g/mol. The van der Waals surface area contributed by atoms with Gasteiger partial charge in [0, 0.05) is 72.2 Å². The Morgan fingerprint density at radius 2 is 0.956 bits per heavy atom. The Bertz CT molecular complexity index is 5330. The van der Waals surface area contributed by atoms with Crippen LogP contribution in [0.1, 0.15) is 0 Å². The van der Waals surface area contributed by atoms with Gasteiger partial charge in [-0.3, -0.25) is 32.2 Å². The van der Waals surface area contributed by atoms with Crippen molar-refractivity contribution in [3.63, 3.8) is 0 Å². The number of hydrogen-bond donors (Lipinski definition) is 11. The van der Waals surface area contributed by atoms with E-state index in [1.165, 1.54) is 36.4 Å². The zero-order valence-electron chi connectivity index (χ0n) is 45.0. The molecule has 476 valence electrons. The molecule has 0 atom stereocenters. The van der Waals surface area contributed by atoms with Gasteiger partial charge in [-0.15, -0.1) is 20.5 Å². The number of azo groups is 2. The fourth-order valence-corrected chi connectivity index (χ4v) is 13.5. The Balaban J connectivity index is 0.789. The van der Waals surface area contributed by atoms with E-state index in [1.54, 1.807) is 0 Å². The molecule has 1 aliphatic heterocycles. The second kappa shape index (κ2) is 24.5. The minimum atomic E-state index is -5.24. The molecule has 35 nitrogen and oxygen atoms in total. The fraction of sp³-hybridized carbons (Fsp3) is 0.125. The minimum absolute atomic E-state index is 0.00415. The Labute approximate surface area is 522 Å². The van der Waals surface area contributed by atoms with Gasteiger partial charge in [0.15, 0.2) is 11.5 Å². The van der Waals surface area contributed by atoms with Crippen molar-refractivity contribution in [1.29, 1.82) is 0 Å². The molecule has 1 aliphatic rings. The molecule has 10 rings (SSSR count). The number of halogens is 2. The molecule has 1 fully saturated rings. The summed E-state index contributed by atoms with van der Waals surface area (Å²) in [6.07, 6.45) is 0. The molecule has 43 heteroatoms. The molecule has 0 unspecified atom stereocenters. The van der Waals surface area contributed by atoms with Crippen molar-refractivity contribution in [3.05, 3.63) is 108 Å². The van der Waals surface area contributed by atoms with Gasteiger partial charge < -0.3 is 31.1 Å². The van der Waals surface area contributed by atoms with Crippen LogP contribution in [0, 0.1) is 0 Å². The lowest BCUT2D eigenvalue weighted by Gasteiger charge is -2.34. The first kappa shape index (κ1) is 65.3. The van der Waals surface area contributed by atoms with Crippen molar-refractivity contribution in [3.8, 4) is 11.5 Å². The van der Waals surface area contributed by atoms with Gasteiger partial charge in [-0.1, -0.05) is 18.2 Å². The van der Waals surface area contributed by atoms with Crippen molar-refractivity contribution < 1.29 is 88.0 Å². The summed E-state index contributed by atoms with van der Waals surface area (Å²) in [4.78, 5) is 23.7. The van der Waals surface area contributed by atoms with Crippen LogP contribution in [0.25, 0.3) is 32.3 Å². The van der Waals surface area contributed by atoms with Crippen LogP contribution in [0.15, 0.2) is 147 Å². The maximum Gasteiger partial charge on any atom is 0.297 e. The van der Waals surface area contributed by atoms with Gasteiger partial charge in [0.05, 0.1) is 4.90 Å². The summed E-state index contributed by atoms with van der Waals surface area (Å²) in [5, 5.41) is 44.7. The number of nitrogens with one attached hydrogen (secondary N) is 3. The molecule has 0 spiro atoms. The lowest BCUT2D eigenvalue weighted by Crippen LogP contribution is -2.48. The third-order valence-corrected chi connectivity index (χ3v) is 18.9. The SMILES string of the molecule is O=S(=O)(O)c1ccc(S(=O)(=O)O)c(N=Nc2c(S(=O)(=O)O)cc3cc(Nc4nc(Cl)nc(NCCN5CCN(c6nc(Cl)nc(Nc7ccc8c(O)c(N=Nc9ccc%10c(S(=O)(=O)O)cccc%10c9S(=O)(=O)O)c(S(=O)(=O)O)cc8c7)n6)CC5)n4)ccc3c2O)c1. The van der Waals surface area contributed by atoms with E-state index >= 15 is 0 Å². The summed E-state index contributed by atoms with van der Waals surface area (Å²) in [6.45, 7) is 2.53. The van der Waals surface area contributed by atoms with Crippen LogP contribution in [-0.2, 0) is 60.7 Å². The number of aromatic hydroxyl groups is 2. The molecule has 0 bridgehead atoms. The van der Waals surface area contributed by atoms with Crippen molar-refractivity contribution in [1.82, 2.24) is 34.8 Å². The van der Waals surface area contributed by atoms with Crippen LogP contribution < -0.4 is 20.9 Å². The molecule has 0 radical (unpaired) electrons. The van der Waals surface area contributed by atoms with Gasteiger partial charge in [0.1, 0.15) is 47.2 Å². The number of rotatable bonds is 19. The number of benzene rings is 7. The highest BCUT2D eigenvalue weighted by atomic mass is 35.5. The van der Waals surface area contributed by atoms with E-state index in [4.69, 9.17) is 23.2 Å². The molecule has 0 amide bonds. The van der Waals surface area contributed by atoms with Gasteiger partial charge in [0.25, 0.3) is 60.7 Å². The van der Waals surface area contributed by atoms with Crippen LogP contribution in [0.3, 0.4) is 0 Å². The standard InChI is InChI=1S/C48H39Cl2N15O20S6/c49-43-54-45(58-46(55-43)52-25-4-7-29-23(18-25)21-37(90(80,81)82)39(41(29)67)63-61-33-22-27(86(68,69)70)6-11-35(33)88(74,75)76)51-12-13-64-14-16-65(17-15-64)48-57-44(50)56-47(59-48)53-26-5-8-28-24(19-26)20-36(89(77,78)79)38(40(28)66)62-60-32-10-9-30-31(42(32)91(83,84)85)2-1-3-34(30)87(71,72)73/h1-11,18-22,66-67H,12-17H2,(H,68,69,70)(H,71,72,73)(H,74,75,76)(H,77,78,79)(H,80,81,82)(H,83,84,85)(H,53,56,57,59)(H2,51,52,54,55,58). The number of piperazine rings is 1. The zero-order chi connectivity index (χ0) is 65.9. The topological polar surface area (TPSA) is 536 Å². The molecule has 7 aromatic carbocycles. The molecule has 1 saturated heterocycles. The van der Waals surface area contributed by atoms with Crippen LogP contribution in [-0.4, -0.2) is 162 Å². The van der Waals surface area contributed by atoms with Crippen molar-refractivity contribution in [2.45, 2.75) is 29.4 Å². The highest BCUT2D eigenvalue weighted by Crippen LogP contribution is 2.45. The number of fused-ring (bicyclic) bond motifs is 3. The number of nitrogens with zero attached hydrogens (tertiary/aromatic N) is 12. The molecule has 9 aromatic rings. The fourth-order valence-electron chi connectivity index (χ4n) is 9.25. The Morgan fingerprint density at radius 1 is 0.451 bits per heavy atom. The third kappa shape index (κ3) is 14.6. The van der Waals surface area contributed by atoms with E-state index in [0.29, 0.717) is 50.9 Å². The van der Waals surface area contributed by atoms with E-state index in [2.05, 4.69) is 71.2 Å². The first-order valence-electron chi connectivity index (χ1n) is 25.1. The largest absolute Gasteiger partial charge is 0.505 e. The molecular weight excluding hydrogens is 1370 g/mol. The smallest absolute Gasteiger partial charge is 0.297 e. The van der Waals surface area contributed by atoms with Crippen LogP contribution in [0.5, 0.6) is 11.5 Å². The molecule has 0 aliphatic carbocycles. The first-order chi connectivity index (χ1) is 42.5. The summed E-state index contributed by atoms with van der Waals surface area (Å²) < 4.78 is 207. The van der Waals surface area contributed by atoms with Gasteiger partial charge in [0.2, 0.25) is 34.4 Å². The predicted molar refractivity (Wildman–Crippen MR) is 322 cm³/mol. The summed E-state index contributed by atoms with van der Waals surface area (Å²) in [6, 6.07) is 16.7. The van der Waals surface area contributed by atoms with Crippen LogP contribution in [0.4, 0.5) is 57.9 Å². The van der Waals surface area contributed by atoms with E-state index in [-0.39, 0.29) is 79.2 Å². The van der Waals surface area contributed by atoms with E-state index in [9.17, 15) is 88.0 Å². The monoisotopic (exact) mass is 1410 g/mol. The molecule has 0 saturated carbocycles. The highest BCUT2D eigenvalue weighted by Gasteiger charge is 2.29. The second-order valence-electron chi connectivity index (χ2n) is 19.1. The number of aromatic nitrogens is 6. The molecule has 3 heterocycles. The predicted octanol–water partition coefficient (Wildman–Crippen LogP) is 7.27. The Morgan fingerprint density at radius 3 is 1.48 bits per heavy atom. The van der Waals surface area contributed by atoms with Gasteiger partial charge in [-0.05, 0) is 113 Å². The summed E-state index contributed by atoms with van der Waals surface area (Å²) >= 11 is 12.6. The second-order valence-corrected chi connectivity index (χ2v) is 28.2. The molecule has 11 N–H and O–H groups in total. The number of hydrogen-bond acceptors (Lipinski definition) is 29. The van der Waals surface area contributed by atoms with Crippen molar-refractivity contribution in [2.75, 3.05) is 60.1 Å². The van der Waals surface area contributed by atoms with Crippen LogP contribution in [0.2, 0.25) is 10.6 Å². The van der Waals surface area contributed by atoms with Gasteiger partial charge in [-0.2, -0.15) is 80.4 Å². The zero-order valence-corrected chi connectivity index (χ0v) is 51.4. The Kier molecular flexibility index (Phi) is 17.6. The lowest BCUT2D eigenvalue weighted by atomic mass is 10.1. The summed E-state index contributed by atoms with van der Waals surface area (Å²) in [5.74, 6) is -1.68. The molecule has 2 aromatic heterocycles. The average Bonchev–Trinajstić information content (AvgIpc) is 0.774. The quantitative estimate of drug-likeness (QED) is 0.0280. The normalized spacial score (nSPS) is 14.1. The van der Waals surface area contributed by atoms with E-state index in [0.717, 1.165) is 42.5 Å². The molecule has 91 heavy (non-hydrogen) atoms. The minimum Gasteiger partial charge on any atom is -0.505 e. The number of phenolic OH excluding ortho intramolecular Hbond substituents is 2. The van der Waals surface area contributed by atoms with E-state index in [1.807, 2.05) is 4.90 Å². The summed E-state index contributed by atoms with van der Waals surface area (Å²) in [7, 11) is -30.7. The van der Waals surface area contributed by atoms with Gasteiger partial charge >= 0.3 is 0 Å². The number of anilines is 6. The maximum atomic E-state index is 12.7. The highest BCUT2D eigenvalue weighted by molar-refractivity contribution is 7.87. The lowest BCUT2D eigenvalue weighted by molar-refractivity contribution is 0.266. The molecular formula is C48H39Cl2N15O20S6. The van der Waals surface area contributed by atoms with Crippen molar-refractivity contribution in [2.24, 2.45) is 20.5 Å². The maximum absolute atomic E-state index is 12.7. The first-order valence-corrected chi connectivity index (χ1v) is 34.5. The third-order valence-electron chi connectivity index (χ3n) is 13.2. The van der Waals surface area contributed by atoms with E-state index < -0.39 is 130 Å². The van der Waals surface area contributed by atoms with Crippen molar-refractivity contribution >= 4 is 174 Å². The van der Waals surface area contributed by atoms with Crippen LogP contribution >= 0.6 is 23.2 Å². The van der Waals surface area contributed by atoms with Gasteiger partial charge in [-0.25, -0.2) is 0 Å². The number of phenols is 2.